The van der Waals surface area contributed by atoms with Crippen molar-refractivity contribution in [3.8, 4) is 11.8 Å². The third kappa shape index (κ3) is 3.22. The molecule has 1 heterocycles. The highest BCUT2D eigenvalue weighted by Crippen LogP contribution is 2.10. The van der Waals surface area contributed by atoms with Crippen LogP contribution in [0.2, 0.25) is 0 Å². The van der Waals surface area contributed by atoms with E-state index in [1.807, 2.05) is 0 Å². The van der Waals surface area contributed by atoms with Gasteiger partial charge in [0.25, 0.3) is 11.1 Å². The largest absolute Gasteiger partial charge is 0.320 e. The minimum Gasteiger partial charge on any atom is -0.320 e. The molecule has 0 amide bonds. The molecule has 0 saturated heterocycles. The molecule has 6 heteroatoms. The van der Waals surface area contributed by atoms with Crippen molar-refractivity contribution in [3.63, 3.8) is 0 Å². The van der Waals surface area contributed by atoms with Gasteiger partial charge in [0.05, 0.1) is 18.7 Å². The maximum atomic E-state index is 13.5. The van der Waals surface area contributed by atoms with Crippen LogP contribution in [0.5, 0.6) is 0 Å². The van der Waals surface area contributed by atoms with Crippen LogP contribution in [0, 0.1) is 17.7 Å². The SMILES string of the molecule is NCC#Cc1cc(Cn2[nH]c(=O)ccc2=O)ccc1F. The molecule has 0 radical (unpaired) electrons. The van der Waals surface area contributed by atoms with Crippen LogP contribution in [0.1, 0.15) is 11.1 Å². The third-order valence-corrected chi connectivity index (χ3v) is 2.59. The van der Waals surface area contributed by atoms with E-state index in [0.717, 1.165) is 10.7 Å². The number of H-pyrrole nitrogens is 1. The normalized spacial score (nSPS) is 9.90. The number of aromatic nitrogens is 2. The van der Waals surface area contributed by atoms with Gasteiger partial charge in [0, 0.05) is 12.1 Å². The highest BCUT2D eigenvalue weighted by molar-refractivity contribution is 5.38. The fourth-order valence-electron chi connectivity index (χ4n) is 1.68. The summed E-state index contributed by atoms with van der Waals surface area (Å²) >= 11 is 0. The summed E-state index contributed by atoms with van der Waals surface area (Å²) in [6.07, 6.45) is 0. The zero-order valence-corrected chi connectivity index (χ0v) is 10.5. The Balaban J connectivity index is 2.37. The molecule has 20 heavy (non-hydrogen) atoms. The van der Waals surface area contributed by atoms with Crippen molar-refractivity contribution in [3.05, 3.63) is 68.0 Å². The van der Waals surface area contributed by atoms with Crippen LogP contribution < -0.4 is 16.9 Å². The Morgan fingerprint density at radius 1 is 1.25 bits per heavy atom. The lowest BCUT2D eigenvalue weighted by Gasteiger charge is -2.06. The van der Waals surface area contributed by atoms with Gasteiger partial charge in [0.15, 0.2) is 0 Å². The fraction of sp³-hybridized carbons (Fsp3) is 0.143. The second kappa shape index (κ2) is 5.99. The van der Waals surface area contributed by atoms with Crippen molar-refractivity contribution in [1.82, 2.24) is 9.78 Å². The quantitative estimate of drug-likeness (QED) is 0.758. The topological polar surface area (TPSA) is 80.9 Å². The molecule has 0 saturated carbocycles. The Labute approximate surface area is 113 Å². The molecule has 5 nitrogen and oxygen atoms in total. The molecule has 1 aromatic heterocycles. The fourth-order valence-corrected chi connectivity index (χ4v) is 1.68. The lowest BCUT2D eigenvalue weighted by atomic mass is 10.1. The maximum Gasteiger partial charge on any atom is 0.265 e. The summed E-state index contributed by atoms with van der Waals surface area (Å²) in [5, 5.41) is 2.40. The highest BCUT2D eigenvalue weighted by Gasteiger charge is 2.03. The summed E-state index contributed by atoms with van der Waals surface area (Å²) in [7, 11) is 0. The van der Waals surface area contributed by atoms with Gasteiger partial charge in [-0.25, -0.2) is 9.07 Å². The van der Waals surface area contributed by atoms with Crippen LogP contribution in [0.15, 0.2) is 39.9 Å². The van der Waals surface area contributed by atoms with E-state index in [2.05, 4.69) is 16.9 Å². The Hall–Kier alpha value is -2.65. The molecule has 0 spiro atoms. The number of nitrogens with one attached hydrogen (secondary N) is 1. The average Bonchev–Trinajstić information content (AvgIpc) is 2.43. The van der Waals surface area contributed by atoms with Gasteiger partial charge in [-0.2, -0.15) is 0 Å². The van der Waals surface area contributed by atoms with Crippen molar-refractivity contribution in [1.29, 1.82) is 0 Å². The second-order valence-corrected chi connectivity index (χ2v) is 4.05. The summed E-state index contributed by atoms with van der Waals surface area (Å²) < 4.78 is 14.7. The van der Waals surface area contributed by atoms with Gasteiger partial charge in [0.1, 0.15) is 5.82 Å². The van der Waals surface area contributed by atoms with Gasteiger partial charge in [-0.3, -0.25) is 14.7 Å². The number of rotatable bonds is 2. The molecule has 2 aromatic rings. The molecule has 102 valence electrons. The van der Waals surface area contributed by atoms with E-state index in [1.54, 1.807) is 0 Å². The molecule has 0 atom stereocenters. The second-order valence-electron chi connectivity index (χ2n) is 4.05. The number of hydrogen-bond acceptors (Lipinski definition) is 3. The van der Waals surface area contributed by atoms with Crippen LogP contribution in [0.3, 0.4) is 0 Å². The van der Waals surface area contributed by atoms with Crippen molar-refractivity contribution >= 4 is 0 Å². The van der Waals surface area contributed by atoms with Gasteiger partial charge >= 0.3 is 0 Å². The first-order valence-electron chi connectivity index (χ1n) is 5.87. The zero-order valence-electron chi connectivity index (χ0n) is 10.5. The number of benzene rings is 1. The number of hydrogen-bond donors (Lipinski definition) is 2. The smallest absolute Gasteiger partial charge is 0.265 e. The number of nitrogens with zero attached hydrogens (tertiary/aromatic N) is 1. The van der Waals surface area contributed by atoms with E-state index in [0.29, 0.717) is 5.56 Å². The summed E-state index contributed by atoms with van der Waals surface area (Å²) in [4.78, 5) is 22.8. The highest BCUT2D eigenvalue weighted by atomic mass is 19.1. The van der Waals surface area contributed by atoms with Crippen molar-refractivity contribution < 1.29 is 4.39 Å². The van der Waals surface area contributed by atoms with Gasteiger partial charge in [-0.05, 0) is 17.7 Å². The van der Waals surface area contributed by atoms with E-state index in [4.69, 9.17) is 5.73 Å². The molecular formula is C14H12FN3O2. The lowest BCUT2D eigenvalue weighted by molar-refractivity contribution is 0.612. The standard InChI is InChI=1S/C14H12FN3O2/c15-12-4-3-10(8-11(12)2-1-7-16)9-18-14(20)6-5-13(19)17-18/h3-6,8H,7,9,16H2,(H,17,19). The molecule has 3 N–H and O–H groups in total. The third-order valence-electron chi connectivity index (χ3n) is 2.59. The minimum atomic E-state index is -0.455. The molecule has 0 fully saturated rings. The molecular weight excluding hydrogens is 261 g/mol. The van der Waals surface area contributed by atoms with E-state index in [-0.39, 0.29) is 29.8 Å². The molecule has 0 aliphatic carbocycles. The Morgan fingerprint density at radius 2 is 2.05 bits per heavy atom. The summed E-state index contributed by atoms with van der Waals surface area (Å²) in [5.41, 5.74) is 5.38. The molecule has 0 unspecified atom stereocenters. The summed E-state index contributed by atoms with van der Waals surface area (Å²) in [6.45, 7) is 0.266. The van der Waals surface area contributed by atoms with Crippen LogP contribution in [-0.2, 0) is 6.54 Å². The first-order chi connectivity index (χ1) is 9.60. The van der Waals surface area contributed by atoms with Crippen molar-refractivity contribution in [2.75, 3.05) is 6.54 Å². The van der Waals surface area contributed by atoms with Gasteiger partial charge < -0.3 is 5.73 Å². The predicted octanol–water partition coefficient (Wildman–Crippen LogP) is 0.0342. The number of nitrogens with two attached hydrogens (primary N) is 1. The Kier molecular flexibility index (Phi) is 4.13. The van der Waals surface area contributed by atoms with E-state index < -0.39 is 5.82 Å². The summed E-state index contributed by atoms with van der Waals surface area (Å²) in [6, 6.07) is 6.65. The first kappa shape index (κ1) is 13.8. The van der Waals surface area contributed by atoms with Crippen LogP contribution in [-0.4, -0.2) is 16.3 Å². The predicted molar refractivity (Wildman–Crippen MR) is 72.8 cm³/mol. The van der Waals surface area contributed by atoms with Crippen LogP contribution in [0.25, 0.3) is 0 Å². The number of halogens is 1. The van der Waals surface area contributed by atoms with E-state index in [9.17, 15) is 14.0 Å². The monoisotopic (exact) mass is 273 g/mol. The van der Waals surface area contributed by atoms with E-state index >= 15 is 0 Å². The van der Waals surface area contributed by atoms with Crippen molar-refractivity contribution in [2.24, 2.45) is 5.73 Å². The lowest BCUT2D eigenvalue weighted by Crippen LogP contribution is -2.28. The summed E-state index contributed by atoms with van der Waals surface area (Å²) in [5.74, 6) is 4.73. The van der Waals surface area contributed by atoms with Gasteiger partial charge in [-0.15, -0.1) is 0 Å². The van der Waals surface area contributed by atoms with Gasteiger partial charge in [-0.1, -0.05) is 17.9 Å². The molecule has 0 aliphatic heterocycles. The average molecular weight is 273 g/mol. The van der Waals surface area contributed by atoms with E-state index in [1.165, 1.54) is 24.3 Å². The zero-order chi connectivity index (χ0) is 14.5. The molecule has 0 aliphatic rings. The minimum absolute atomic E-state index is 0.131. The van der Waals surface area contributed by atoms with Crippen molar-refractivity contribution in [2.45, 2.75) is 6.54 Å². The Bertz CT molecular complexity index is 796. The first-order valence-corrected chi connectivity index (χ1v) is 5.87. The molecule has 2 rings (SSSR count). The van der Waals surface area contributed by atoms with Crippen LogP contribution >= 0.6 is 0 Å². The maximum absolute atomic E-state index is 13.5. The Morgan fingerprint density at radius 3 is 2.80 bits per heavy atom. The van der Waals surface area contributed by atoms with Crippen LogP contribution in [0.4, 0.5) is 4.39 Å². The molecule has 1 aromatic carbocycles. The number of aromatic amines is 1. The molecule has 0 bridgehead atoms. The van der Waals surface area contributed by atoms with Gasteiger partial charge in [0.2, 0.25) is 0 Å².